The Morgan fingerprint density at radius 3 is 2.76 bits per heavy atom. The van der Waals surface area contributed by atoms with Gasteiger partial charge in [-0.3, -0.25) is 4.57 Å². The second kappa shape index (κ2) is 8.30. The van der Waals surface area contributed by atoms with E-state index in [9.17, 15) is 8.78 Å². The summed E-state index contributed by atoms with van der Waals surface area (Å²) in [7, 11) is 1.49. The van der Waals surface area contributed by atoms with E-state index in [2.05, 4.69) is 15.3 Å². The third kappa shape index (κ3) is 3.84. The quantitative estimate of drug-likeness (QED) is 0.481. The number of hydrogen-bond donors (Lipinski definition) is 1. The SMILES string of the molecule is COc1c(Cl)cccc1Nc1cc(Cl)nc2c1nc(C(F)F)n2C1CCCCO1. The number of anilines is 2. The molecule has 0 aliphatic carbocycles. The molecule has 1 fully saturated rings. The average Bonchev–Trinajstić information content (AvgIpc) is 3.08. The fraction of sp³-hybridized carbons (Fsp3) is 0.368. The van der Waals surface area contributed by atoms with Crippen molar-refractivity contribution in [2.45, 2.75) is 31.9 Å². The van der Waals surface area contributed by atoms with E-state index in [1.807, 2.05) is 0 Å². The molecule has 2 aromatic heterocycles. The summed E-state index contributed by atoms with van der Waals surface area (Å²) >= 11 is 12.4. The molecule has 6 nitrogen and oxygen atoms in total. The first-order valence-corrected chi connectivity index (χ1v) is 9.83. The Morgan fingerprint density at radius 2 is 2.07 bits per heavy atom. The molecule has 0 bridgehead atoms. The lowest BCUT2D eigenvalue weighted by Gasteiger charge is -2.25. The summed E-state index contributed by atoms with van der Waals surface area (Å²) in [4.78, 5) is 8.45. The highest BCUT2D eigenvalue weighted by atomic mass is 35.5. The molecule has 1 aliphatic heterocycles. The predicted octanol–water partition coefficient (Wildman–Crippen LogP) is 6.13. The average molecular weight is 443 g/mol. The Bertz CT molecular complexity index is 1040. The maximum Gasteiger partial charge on any atom is 0.295 e. The van der Waals surface area contributed by atoms with E-state index in [0.717, 1.165) is 12.8 Å². The van der Waals surface area contributed by atoms with E-state index in [1.54, 1.807) is 18.2 Å². The smallest absolute Gasteiger partial charge is 0.295 e. The molecule has 0 radical (unpaired) electrons. The van der Waals surface area contributed by atoms with Gasteiger partial charge >= 0.3 is 0 Å². The molecule has 4 rings (SSSR count). The minimum atomic E-state index is -2.79. The summed E-state index contributed by atoms with van der Waals surface area (Å²) in [5.74, 6) is 0.0159. The van der Waals surface area contributed by atoms with Crippen molar-refractivity contribution < 1.29 is 18.3 Å². The summed E-state index contributed by atoms with van der Waals surface area (Å²) in [5, 5.41) is 3.68. The van der Waals surface area contributed by atoms with E-state index in [-0.39, 0.29) is 16.3 Å². The lowest BCUT2D eigenvalue weighted by molar-refractivity contribution is -0.0363. The molecule has 0 spiro atoms. The molecule has 0 amide bonds. The van der Waals surface area contributed by atoms with Crippen molar-refractivity contribution in [1.29, 1.82) is 0 Å². The van der Waals surface area contributed by atoms with Crippen molar-refractivity contribution in [3.63, 3.8) is 0 Å². The molecule has 1 saturated heterocycles. The van der Waals surface area contributed by atoms with Gasteiger partial charge < -0.3 is 14.8 Å². The highest BCUT2D eigenvalue weighted by molar-refractivity contribution is 6.32. The number of aromatic nitrogens is 3. The minimum Gasteiger partial charge on any atom is -0.493 e. The fourth-order valence-electron chi connectivity index (χ4n) is 3.47. The van der Waals surface area contributed by atoms with Crippen molar-refractivity contribution in [2.75, 3.05) is 19.0 Å². The Morgan fingerprint density at radius 1 is 1.24 bits per heavy atom. The van der Waals surface area contributed by atoms with E-state index in [4.69, 9.17) is 32.7 Å². The molecular formula is C19H18Cl2F2N4O2. The van der Waals surface area contributed by atoms with Gasteiger partial charge in [-0.15, -0.1) is 0 Å². The van der Waals surface area contributed by atoms with Crippen LogP contribution >= 0.6 is 23.2 Å². The molecule has 1 atom stereocenters. The molecule has 29 heavy (non-hydrogen) atoms. The molecule has 3 heterocycles. The normalized spacial score (nSPS) is 17.1. The van der Waals surface area contributed by atoms with Crippen LogP contribution < -0.4 is 10.1 Å². The Labute approximate surface area is 175 Å². The van der Waals surface area contributed by atoms with E-state index < -0.39 is 18.5 Å². The van der Waals surface area contributed by atoms with Crippen molar-refractivity contribution >= 4 is 45.7 Å². The van der Waals surface area contributed by atoms with Gasteiger partial charge in [0.05, 0.1) is 23.5 Å². The fourth-order valence-corrected chi connectivity index (χ4v) is 3.91. The van der Waals surface area contributed by atoms with Crippen LogP contribution in [0, 0.1) is 0 Å². The summed E-state index contributed by atoms with van der Waals surface area (Å²) < 4.78 is 40.0. The number of imidazole rings is 1. The molecule has 0 saturated carbocycles. The van der Waals surface area contributed by atoms with Gasteiger partial charge in [0.1, 0.15) is 16.9 Å². The van der Waals surface area contributed by atoms with Gasteiger partial charge in [0, 0.05) is 12.7 Å². The molecule has 10 heteroatoms. The zero-order chi connectivity index (χ0) is 20.5. The number of pyridine rings is 1. The van der Waals surface area contributed by atoms with Crippen LogP contribution in [0.1, 0.15) is 37.7 Å². The van der Waals surface area contributed by atoms with Gasteiger partial charge in [-0.05, 0) is 31.4 Å². The third-order valence-corrected chi connectivity index (χ3v) is 5.21. The second-order valence-electron chi connectivity index (χ2n) is 6.57. The number of nitrogens with zero attached hydrogens (tertiary/aromatic N) is 3. The number of rotatable bonds is 5. The maximum absolute atomic E-state index is 13.8. The number of halogens is 4. The maximum atomic E-state index is 13.8. The zero-order valence-electron chi connectivity index (χ0n) is 15.5. The lowest BCUT2D eigenvalue weighted by atomic mass is 10.2. The van der Waals surface area contributed by atoms with Crippen LogP contribution in [-0.4, -0.2) is 28.3 Å². The molecule has 3 aromatic rings. The van der Waals surface area contributed by atoms with Crippen molar-refractivity contribution in [2.24, 2.45) is 0 Å². The van der Waals surface area contributed by atoms with Gasteiger partial charge in [0.2, 0.25) is 0 Å². The highest BCUT2D eigenvalue weighted by Crippen LogP contribution is 2.39. The Hall–Kier alpha value is -2.16. The van der Waals surface area contributed by atoms with Gasteiger partial charge in [0.25, 0.3) is 6.43 Å². The minimum absolute atomic E-state index is 0.138. The molecule has 1 unspecified atom stereocenters. The molecule has 1 N–H and O–H groups in total. The number of nitrogens with one attached hydrogen (secondary N) is 1. The summed E-state index contributed by atoms with van der Waals surface area (Å²) in [5.41, 5.74) is 1.46. The van der Waals surface area contributed by atoms with Crippen molar-refractivity contribution in [1.82, 2.24) is 14.5 Å². The molecule has 1 aromatic carbocycles. The van der Waals surface area contributed by atoms with Crippen molar-refractivity contribution in [3.8, 4) is 5.75 Å². The number of benzene rings is 1. The van der Waals surface area contributed by atoms with Crippen LogP contribution in [0.3, 0.4) is 0 Å². The van der Waals surface area contributed by atoms with Crippen LogP contribution in [-0.2, 0) is 4.74 Å². The van der Waals surface area contributed by atoms with Gasteiger partial charge in [-0.2, -0.15) is 0 Å². The Kier molecular flexibility index (Phi) is 5.76. The van der Waals surface area contributed by atoms with Crippen LogP contribution in [0.2, 0.25) is 10.2 Å². The summed E-state index contributed by atoms with van der Waals surface area (Å²) in [6.45, 7) is 0.498. The summed E-state index contributed by atoms with van der Waals surface area (Å²) in [6.07, 6.45) is -0.981. The first kappa shape index (κ1) is 20.1. The van der Waals surface area contributed by atoms with Gasteiger partial charge in [-0.1, -0.05) is 29.3 Å². The largest absolute Gasteiger partial charge is 0.493 e. The standard InChI is InChI=1S/C19H18Cl2F2N4O2/c1-28-16-10(20)5-4-6-11(16)24-12-9-13(21)25-18-15(12)26-19(17(22)23)27(18)14-7-2-3-8-29-14/h4-6,9,14,17H,2-3,7-8H2,1H3,(H,24,25). The predicted molar refractivity (Wildman–Crippen MR) is 108 cm³/mol. The Balaban J connectivity index is 1.87. The van der Waals surface area contributed by atoms with Crippen LogP contribution in [0.15, 0.2) is 24.3 Å². The molecular weight excluding hydrogens is 425 g/mol. The topological polar surface area (TPSA) is 61.2 Å². The van der Waals surface area contributed by atoms with Crippen LogP contribution in [0.25, 0.3) is 11.2 Å². The number of ether oxygens (including phenoxy) is 2. The van der Waals surface area contributed by atoms with Gasteiger partial charge in [0.15, 0.2) is 17.2 Å². The monoisotopic (exact) mass is 442 g/mol. The van der Waals surface area contributed by atoms with E-state index in [1.165, 1.54) is 17.7 Å². The summed E-state index contributed by atoms with van der Waals surface area (Å²) in [6, 6.07) is 6.70. The third-order valence-electron chi connectivity index (χ3n) is 4.72. The van der Waals surface area contributed by atoms with Crippen LogP contribution in [0.5, 0.6) is 5.75 Å². The first-order chi connectivity index (χ1) is 14.0. The number of fused-ring (bicyclic) bond motifs is 1. The molecule has 1 aliphatic rings. The highest BCUT2D eigenvalue weighted by Gasteiger charge is 2.29. The van der Waals surface area contributed by atoms with E-state index >= 15 is 0 Å². The van der Waals surface area contributed by atoms with Crippen molar-refractivity contribution in [3.05, 3.63) is 40.3 Å². The lowest BCUT2D eigenvalue weighted by Crippen LogP contribution is -2.20. The van der Waals surface area contributed by atoms with Crippen LogP contribution in [0.4, 0.5) is 20.2 Å². The number of alkyl halides is 2. The first-order valence-electron chi connectivity index (χ1n) is 9.07. The number of para-hydroxylation sites is 1. The number of hydrogen-bond acceptors (Lipinski definition) is 5. The van der Waals surface area contributed by atoms with E-state index in [0.29, 0.717) is 35.2 Å². The zero-order valence-corrected chi connectivity index (χ0v) is 17.0. The second-order valence-corrected chi connectivity index (χ2v) is 7.37. The molecule has 154 valence electrons. The number of methoxy groups -OCH3 is 1. The van der Waals surface area contributed by atoms with Gasteiger partial charge in [-0.25, -0.2) is 18.7 Å².